The molecule has 1 rings (SSSR count). The first-order valence-electron chi connectivity index (χ1n) is 8.00. The van der Waals surface area contributed by atoms with Crippen LogP contribution in [0.1, 0.15) is 65.6 Å². The first-order chi connectivity index (χ1) is 9.62. The Labute approximate surface area is 124 Å². The standard InChI is InChI=1S/C16H30N4/c1-6-9-11-20(8-3)15-12-14(17-10-7-2)18-16(19-15)13(4)5/h12-13H,6-11H2,1-5H3,(H,17,18,19). The molecule has 4 nitrogen and oxygen atoms in total. The topological polar surface area (TPSA) is 41.0 Å². The number of unbranched alkanes of at least 4 members (excludes halogenated alkanes) is 1. The smallest absolute Gasteiger partial charge is 0.135 e. The first kappa shape index (κ1) is 16.7. The highest BCUT2D eigenvalue weighted by atomic mass is 15.2. The van der Waals surface area contributed by atoms with E-state index in [2.05, 4.69) is 55.9 Å². The maximum atomic E-state index is 4.74. The molecule has 0 saturated heterocycles. The van der Waals surface area contributed by atoms with Crippen molar-refractivity contribution < 1.29 is 0 Å². The van der Waals surface area contributed by atoms with Gasteiger partial charge < -0.3 is 10.2 Å². The third-order valence-corrected chi connectivity index (χ3v) is 3.29. The Kier molecular flexibility index (Phi) is 7.34. The van der Waals surface area contributed by atoms with Crippen LogP contribution in [0.3, 0.4) is 0 Å². The zero-order chi connectivity index (χ0) is 15.0. The average Bonchev–Trinajstić information content (AvgIpc) is 2.45. The Morgan fingerprint density at radius 2 is 1.90 bits per heavy atom. The van der Waals surface area contributed by atoms with E-state index in [-0.39, 0.29) is 0 Å². The van der Waals surface area contributed by atoms with E-state index in [1.807, 2.05) is 0 Å². The zero-order valence-corrected chi connectivity index (χ0v) is 13.7. The predicted molar refractivity (Wildman–Crippen MR) is 87.7 cm³/mol. The van der Waals surface area contributed by atoms with Gasteiger partial charge in [-0.2, -0.15) is 0 Å². The maximum absolute atomic E-state index is 4.74. The molecule has 0 atom stereocenters. The van der Waals surface area contributed by atoms with Crippen LogP contribution in [0, 0.1) is 0 Å². The Bertz CT molecular complexity index is 390. The van der Waals surface area contributed by atoms with Crippen LogP contribution in [0.2, 0.25) is 0 Å². The molecule has 1 aromatic rings. The molecule has 1 heterocycles. The van der Waals surface area contributed by atoms with Crippen molar-refractivity contribution in [3.63, 3.8) is 0 Å². The van der Waals surface area contributed by atoms with Gasteiger partial charge >= 0.3 is 0 Å². The summed E-state index contributed by atoms with van der Waals surface area (Å²) >= 11 is 0. The lowest BCUT2D eigenvalue weighted by atomic mass is 10.2. The van der Waals surface area contributed by atoms with Crippen molar-refractivity contribution in [2.75, 3.05) is 29.9 Å². The molecule has 0 bridgehead atoms. The number of hydrogen-bond acceptors (Lipinski definition) is 4. The molecule has 0 aromatic carbocycles. The summed E-state index contributed by atoms with van der Waals surface area (Å²) in [6, 6.07) is 2.08. The molecule has 0 radical (unpaired) electrons. The zero-order valence-electron chi connectivity index (χ0n) is 13.7. The van der Waals surface area contributed by atoms with E-state index >= 15 is 0 Å². The first-order valence-corrected chi connectivity index (χ1v) is 8.00. The van der Waals surface area contributed by atoms with Gasteiger partial charge in [-0.25, -0.2) is 9.97 Å². The Balaban J connectivity index is 2.99. The third-order valence-electron chi connectivity index (χ3n) is 3.29. The second-order valence-electron chi connectivity index (χ2n) is 5.48. The summed E-state index contributed by atoms with van der Waals surface area (Å²) in [7, 11) is 0. The van der Waals surface area contributed by atoms with Crippen molar-refractivity contribution in [3.05, 3.63) is 11.9 Å². The lowest BCUT2D eigenvalue weighted by Gasteiger charge is -2.23. The quantitative estimate of drug-likeness (QED) is 0.740. The highest BCUT2D eigenvalue weighted by Crippen LogP contribution is 2.20. The third kappa shape index (κ3) is 4.99. The maximum Gasteiger partial charge on any atom is 0.135 e. The van der Waals surface area contributed by atoms with Crippen molar-refractivity contribution >= 4 is 11.6 Å². The summed E-state index contributed by atoms with van der Waals surface area (Å²) < 4.78 is 0. The molecule has 4 heteroatoms. The van der Waals surface area contributed by atoms with Crippen LogP contribution in [0.15, 0.2) is 6.07 Å². The van der Waals surface area contributed by atoms with Crippen LogP contribution in [0.5, 0.6) is 0 Å². The number of hydrogen-bond donors (Lipinski definition) is 1. The summed E-state index contributed by atoms with van der Waals surface area (Å²) in [5.41, 5.74) is 0. The summed E-state index contributed by atoms with van der Waals surface area (Å²) in [5, 5.41) is 3.39. The summed E-state index contributed by atoms with van der Waals surface area (Å²) in [6.45, 7) is 13.9. The molecule has 20 heavy (non-hydrogen) atoms. The van der Waals surface area contributed by atoms with E-state index in [4.69, 9.17) is 4.98 Å². The molecule has 0 spiro atoms. The van der Waals surface area contributed by atoms with Crippen molar-refractivity contribution in [1.29, 1.82) is 0 Å². The van der Waals surface area contributed by atoms with Crippen LogP contribution >= 0.6 is 0 Å². The lowest BCUT2D eigenvalue weighted by Crippen LogP contribution is -2.25. The average molecular weight is 278 g/mol. The SMILES string of the molecule is CCCCN(CC)c1cc(NCCC)nc(C(C)C)n1. The Hall–Kier alpha value is -1.32. The van der Waals surface area contributed by atoms with Gasteiger partial charge in [0.05, 0.1) is 0 Å². The van der Waals surface area contributed by atoms with Crippen LogP contribution in [0.25, 0.3) is 0 Å². The summed E-state index contributed by atoms with van der Waals surface area (Å²) in [6.07, 6.45) is 3.51. The highest BCUT2D eigenvalue weighted by Gasteiger charge is 2.12. The minimum atomic E-state index is 0.349. The molecule has 0 unspecified atom stereocenters. The molecule has 0 aliphatic heterocycles. The minimum Gasteiger partial charge on any atom is -0.370 e. The van der Waals surface area contributed by atoms with E-state index in [0.717, 1.165) is 43.5 Å². The molecule has 0 amide bonds. The molecule has 0 fully saturated rings. The second-order valence-corrected chi connectivity index (χ2v) is 5.48. The van der Waals surface area contributed by atoms with Crippen LogP contribution in [-0.4, -0.2) is 29.6 Å². The molecule has 1 aromatic heterocycles. The molecular weight excluding hydrogens is 248 g/mol. The minimum absolute atomic E-state index is 0.349. The molecule has 1 N–H and O–H groups in total. The fraction of sp³-hybridized carbons (Fsp3) is 0.750. The number of nitrogens with zero attached hydrogens (tertiary/aromatic N) is 3. The number of rotatable bonds is 9. The summed E-state index contributed by atoms with van der Waals surface area (Å²) in [4.78, 5) is 11.7. The Morgan fingerprint density at radius 3 is 2.45 bits per heavy atom. The van der Waals surface area contributed by atoms with E-state index in [0.29, 0.717) is 5.92 Å². The van der Waals surface area contributed by atoms with Gasteiger partial charge in [0, 0.05) is 31.6 Å². The predicted octanol–water partition coefficient (Wildman–Crippen LogP) is 4.05. The van der Waals surface area contributed by atoms with Gasteiger partial charge in [0.15, 0.2) is 0 Å². The van der Waals surface area contributed by atoms with Gasteiger partial charge in [0.2, 0.25) is 0 Å². The summed E-state index contributed by atoms with van der Waals surface area (Å²) in [5.74, 6) is 3.28. The second kappa shape index (κ2) is 8.77. The van der Waals surface area contributed by atoms with Gasteiger partial charge in [-0.1, -0.05) is 34.1 Å². The normalized spacial score (nSPS) is 10.9. The molecular formula is C16H30N4. The van der Waals surface area contributed by atoms with Crippen LogP contribution in [-0.2, 0) is 0 Å². The van der Waals surface area contributed by atoms with E-state index in [1.54, 1.807) is 0 Å². The lowest BCUT2D eigenvalue weighted by molar-refractivity contribution is 0.709. The molecule has 0 aliphatic carbocycles. The van der Waals surface area contributed by atoms with Gasteiger partial charge in [0.1, 0.15) is 17.5 Å². The van der Waals surface area contributed by atoms with Gasteiger partial charge in [-0.3, -0.25) is 0 Å². The fourth-order valence-corrected chi connectivity index (χ4v) is 2.00. The number of nitrogens with one attached hydrogen (secondary N) is 1. The fourth-order valence-electron chi connectivity index (χ4n) is 2.00. The molecule has 114 valence electrons. The van der Waals surface area contributed by atoms with E-state index in [9.17, 15) is 0 Å². The van der Waals surface area contributed by atoms with Crippen LogP contribution in [0.4, 0.5) is 11.6 Å². The number of anilines is 2. The largest absolute Gasteiger partial charge is 0.370 e. The van der Waals surface area contributed by atoms with E-state index in [1.165, 1.54) is 12.8 Å². The van der Waals surface area contributed by atoms with Crippen molar-refractivity contribution in [3.8, 4) is 0 Å². The highest BCUT2D eigenvalue weighted by molar-refractivity contribution is 5.49. The van der Waals surface area contributed by atoms with Crippen molar-refractivity contribution in [1.82, 2.24) is 9.97 Å². The van der Waals surface area contributed by atoms with Crippen molar-refractivity contribution in [2.24, 2.45) is 0 Å². The molecule has 0 saturated carbocycles. The van der Waals surface area contributed by atoms with Gasteiger partial charge in [0.25, 0.3) is 0 Å². The Morgan fingerprint density at radius 1 is 1.15 bits per heavy atom. The van der Waals surface area contributed by atoms with E-state index < -0.39 is 0 Å². The number of aromatic nitrogens is 2. The molecule has 0 aliphatic rings. The van der Waals surface area contributed by atoms with Crippen molar-refractivity contribution in [2.45, 2.75) is 59.8 Å². The van der Waals surface area contributed by atoms with Crippen LogP contribution < -0.4 is 10.2 Å². The monoisotopic (exact) mass is 278 g/mol. The van der Waals surface area contributed by atoms with Gasteiger partial charge in [-0.15, -0.1) is 0 Å². The van der Waals surface area contributed by atoms with Gasteiger partial charge in [-0.05, 0) is 19.8 Å².